The van der Waals surface area contributed by atoms with E-state index >= 15 is 0 Å². The molecule has 0 heterocycles. The van der Waals surface area contributed by atoms with E-state index in [9.17, 15) is 9.59 Å². The van der Waals surface area contributed by atoms with Crippen LogP contribution in [-0.4, -0.2) is 40.6 Å². The Morgan fingerprint density at radius 2 is 1.89 bits per heavy atom. The van der Waals surface area contributed by atoms with Crippen LogP contribution in [0, 0.1) is 11.8 Å². The van der Waals surface area contributed by atoms with E-state index in [1.165, 1.54) is 0 Å². The standard InChI is InChI=1S/C14H26N2O3/c1-7-8-16(14(4,5)6)13(19)15-9-11(10(2)3)12(17)18/h7,10-11H,1,8-9H2,2-6H3,(H,15,19)(H,17,18). The summed E-state index contributed by atoms with van der Waals surface area (Å²) < 4.78 is 0. The molecule has 0 bridgehead atoms. The minimum Gasteiger partial charge on any atom is -0.481 e. The summed E-state index contributed by atoms with van der Waals surface area (Å²) in [5.74, 6) is -1.49. The van der Waals surface area contributed by atoms with Gasteiger partial charge >= 0.3 is 12.0 Å². The Morgan fingerprint density at radius 1 is 1.37 bits per heavy atom. The van der Waals surface area contributed by atoms with Gasteiger partial charge < -0.3 is 15.3 Å². The molecule has 5 heteroatoms. The van der Waals surface area contributed by atoms with E-state index in [0.717, 1.165) is 0 Å². The summed E-state index contributed by atoms with van der Waals surface area (Å²) in [6.45, 7) is 13.6. The summed E-state index contributed by atoms with van der Waals surface area (Å²) in [6.07, 6.45) is 1.65. The van der Waals surface area contributed by atoms with Crippen molar-refractivity contribution in [1.29, 1.82) is 0 Å². The molecule has 1 unspecified atom stereocenters. The number of carbonyl (C=O) groups is 2. The van der Waals surface area contributed by atoms with E-state index in [-0.39, 0.29) is 24.0 Å². The Bertz CT molecular complexity index is 332. The van der Waals surface area contributed by atoms with Crippen LogP contribution in [0.5, 0.6) is 0 Å². The molecule has 2 N–H and O–H groups in total. The van der Waals surface area contributed by atoms with Crippen molar-refractivity contribution in [2.45, 2.75) is 40.2 Å². The minimum absolute atomic E-state index is 0.0275. The molecule has 1 atom stereocenters. The van der Waals surface area contributed by atoms with Gasteiger partial charge in [-0.15, -0.1) is 6.58 Å². The Morgan fingerprint density at radius 3 is 2.21 bits per heavy atom. The van der Waals surface area contributed by atoms with E-state index in [1.54, 1.807) is 11.0 Å². The molecule has 0 aromatic rings. The van der Waals surface area contributed by atoms with Crippen molar-refractivity contribution < 1.29 is 14.7 Å². The van der Waals surface area contributed by atoms with Crippen LogP contribution in [0.3, 0.4) is 0 Å². The number of carbonyl (C=O) groups excluding carboxylic acids is 1. The molecule has 0 aliphatic carbocycles. The Balaban J connectivity index is 4.65. The lowest BCUT2D eigenvalue weighted by molar-refractivity contribution is -0.142. The lowest BCUT2D eigenvalue weighted by atomic mass is 9.96. The number of aliphatic carboxylic acids is 1. The second kappa shape index (κ2) is 7.16. The SMILES string of the molecule is C=CCN(C(=O)NCC(C(=O)O)C(C)C)C(C)(C)C. The number of nitrogens with zero attached hydrogens (tertiary/aromatic N) is 1. The van der Waals surface area contributed by atoms with Crippen molar-refractivity contribution in [3.63, 3.8) is 0 Å². The summed E-state index contributed by atoms with van der Waals surface area (Å²) in [6, 6.07) is -0.265. The smallest absolute Gasteiger partial charge is 0.318 e. The first-order valence-electron chi connectivity index (χ1n) is 6.50. The largest absolute Gasteiger partial charge is 0.481 e. The quantitative estimate of drug-likeness (QED) is 0.728. The maximum Gasteiger partial charge on any atom is 0.318 e. The highest BCUT2D eigenvalue weighted by atomic mass is 16.4. The van der Waals surface area contributed by atoms with Crippen LogP contribution in [0.15, 0.2) is 12.7 Å². The van der Waals surface area contributed by atoms with Gasteiger partial charge in [0.1, 0.15) is 0 Å². The van der Waals surface area contributed by atoms with Crippen LogP contribution in [0.25, 0.3) is 0 Å². The number of carboxylic acid groups (broad SMARTS) is 1. The van der Waals surface area contributed by atoms with Crippen molar-refractivity contribution in [1.82, 2.24) is 10.2 Å². The molecule has 19 heavy (non-hydrogen) atoms. The summed E-state index contributed by atoms with van der Waals surface area (Å²) in [4.78, 5) is 24.8. The highest BCUT2D eigenvalue weighted by Crippen LogP contribution is 2.14. The van der Waals surface area contributed by atoms with Gasteiger partial charge in [-0.1, -0.05) is 19.9 Å². The first-order chi connectivity index (χ1) is 8.61. The molecule has 0 spiro atoms. The number of amides is 2. The van der Waals surface area contributed by atoms with Gasteiger partial charge in [0.2, 0.25) is 0 Å². The van der Waals surface area contributed by atoms with Crippen molar-refractivity contribution >= 4 is 12.0 Å². The average Bonchev–Trinajstić information content (AvgIpc) is 2.23. The number of urea groups is 1. The molecule has 0 aromatic heterocycles. The topological polar surface area (TPSA) is 69.6 Å². The van der Waals surface area contributed by atoms with Crippen LogP contribution in [-0.2, 0) is 4.79 Å². The van der Waals surface area contributed by atoms with E-state index in [4.69, 9.17) is 5.11 Å². The maximum absolute atomic E-state index is 12.1. The molecule has 0 aromatic carbocycles. The van der Waals surface area contributed by atoms with Gasteiger partial charge in [0, 0.05) is 18.6 Å². The Labute approximate surface area is 115 Å². The molecule has 5 nitrogen and oxygen atoms in total. The molecular formula is C14H26N2O3. The predicted octanol–water partition coefficient (Wildman–Crippen LogP) is 2.34. The molecule has 2 amide bonds. The number of hydrogen-bond donors (Lipinski definition) is 2. The molecule has 0 saturated heterocycles. The van der Waals surface area contributed by atoms with Crippen molar-refractivity contribution in [2.24, 2.45) is 11.8 Å². The van der Waals surface area contributed by atoms with E-state index in [2.05, 4.69) is 11.9 Å². The molecule has 110 valence electrons. The number of rotatable bonds is 6. The number of hydrogen-bond acceptors (Lipinski definition) is 2. The third-order valence-electron chi connectivity index (χ3n) is 2.96. The number of nitrogens with one attached hydrogen (secondary N) is 1. The third-order valence-corrected chi connectivity index (χ3v) is 2.96. The van der Waals surface area contributed by atoms with Crippen LogP contribution < -0.4 is 5.32 Å². The zero-order chi connectivity index (χ0) is 15.2. The van der Waals surface area contributed by atoms with Gasteiger partial charge in [-0.05, 0) is 26.7 Å². The normalized spacial score (nSPS) is 12.9. The molecule has 0 aliphatic rings. The van der Waals surface area contributed by atoms with Crippen LogP contribution in [0.2, 0.25) is 0 Å². The Hall–Kier alpha value is -1.52. The maximum atomic E-state index is 12.1. The minimum atomic E-state index is -0.888. The molecule has 0 aliphatic heterocycles. The fraction of sp³-hybridized carbons (Fsp3) is 0.714. The molecule has 0 radical (unpaired) electrons. The van der Waals surface area contributed by atoms with Gasteiger partial charge in [0.25, 0.3) is 0 Å². The summed E-state index contributed by atoms with van der Waals surface area (Å²) >= 11 is 0. The van der Waals surface area contributed by atoms with Crippen molar-refractivity contribution in [3.05, 3.63) is 12.7 Å². The van der Waals surface area contributed by atoms with E-state index in [1.807, 2.05) is 34.6 Å². The molecule has 0 rings (SSSR count). The van der Waals surface area contributed by atoms with Gasteiger partial charge in [-0.2, -0.15) is 0 Å². The first kappa shape index (κ1) is 17.5. The Kier molecular flexibility index (Phi) is 6.59. The molecular weight excluding hydrogens is 244 g/mol. The van der Waals surface area contributed by atoms with Crippen molar-refractivity contribution in [3.8, 4) is 0 Å². The van der Waals surface area contributed by atoms with E-state index in [0.29, 0.717) is 6.54 Å². The fourth-order valence-electron chi connectivity index (χ4n) is 1.69. The highest BCUT2D eigenvalue weighted by Gasteiger charge is 2.27. The van der Waals surface area contributed by atoms with Gasteiger partial charge in [0.15, 0.2) is 0 Å². The summed E-state index contributed by atoms with van der Waals surface area (Å²) in [7, 11) is 0. The predicted molar refractivity (Wildman–Crippen MR) is 76.0 cm³/mol. The third kappa shape index (κ3) is 5.77. The van der Waals surface area contributed by atoms with Crippen molar-refractivity contribution in [2.75, 3.05) is 13.1 Å². The lowest BCUT2D eigenvalue weighted by Gasteiger charge is -2.35. The lowest BCUT2D eigenvalue weighted by Crippen LogP contribution is -2.51. The average molecular weight is 270 g/mol. The van der Waals surface area contributed by atoms with Gasteiger partial charge in [0.05, 0.1) is 5.92 Å². The summed E-state index contributed by atoms with van der Waals surface area (Å²) in [5.41, 5.74) is -0.338. The van der Waals surface area contributed by atoms with Gasteiger partial charge in [-0.25, -0.2) is 4.79 Å². The van der Waals surface area contributed by atoms with Crippen LogP contribution >= 0.6 is 0 Å². The number of carboxylic acids is 1. The zero-order valence-corrected chi connectivity index (χ0v) is 12.6. The highest BCUT2D eigenvalue weighted by molar-refractivity contribution is 5.76. The summed E-state index contributed by atoms with van der Waals surface area (Å²) in [5, 5.41) is 11.8. The van der Waals surface area contributed by atoms with Crippen LogP contribution in [0.1, 0.15) is 34.6 Å². The van der Waals surface area contributed by atoms with Gasteiger partial charge in [-0.3, -0.25) is 4.79 Å². The second-order valence-corrected chi connectivity index (χ2v) is 5.94. The zero-order valence-electron chi connectivity index (χ0n) is 12.6. The molecule has 0 fully saturated rings. The first-order valence-corrected chi connectivity index (χ1v) is 6.50. The van der Waals surface area contributed by atoms with E-state index < -0.39 is 11.9 Å². The monoisotopic (exact) mass is 270 g/mol. The molecule has 0 saturated carbocycles. The van der Waals surface area contributed by atoms with Crippen LogP contribution in [0.4, 0.5) is 4.79 Å². The second-order valence-electron chi connectivity index (χ2n) is 5.94. The fourth-order valence-corrected chi connectivity index (χ4v) is 1.69.